The number of β-lactam (4-membered cyclic amide) rings is 1. The van der Waals surface area contributed by atoms with Gasteiger partial charge in [0.05, 0.1) is 5.37 Å². The molecule has 0 spiro atoms. The molecule has 1 aliphatic rings. The standard InChI is InChI=1S/C6H8N4OS/c1-2-3-10-5(11)4(6(10)12)8-9-7/h2,4,6,12H,1,3H2. The van der Waals surface area contributed by atoms with E-state index in [-0.39, 0.29) is 11.3 Å². The summed E-state index contributed by atoms with van der Waals surface area (Å²) in [4.78, 5) is 15.2. The second-order valence-electron chi connectivity index (χ2n) is 2.34. The van der Waals surface area contributed by atoms with Crippen LogP contribution in [-0.2, 0) is 4.79 Å². The lowest BCUT2D eigenvalue weighted by Crippen LogP contribution is -2.60. The van der Waals surface area contributed by atoms with E-state index in [4.69, 9.17) is 5.53 Å². The van der Waals surface area contributed by atoms with Crippen molar-refractivity contribution in [2.45, 2.75) is 11.4 Å². The molecule has 2 atom stereocenters. The third-order valence-corrected chi connectivity index (χ3v) is 2.20. The van der Waals surface area contributed by atoms with Crippen LogP contribution in [0.3, 0.4) is 0 Å². The molecule has 1 aliphatic heterocycles. The molecule has 0 bridgehead atoms. The van der Waals surface area contributed by atoms with E-state index in [9.17, 15) is 4.79 Å². The van der Waals surface area contributed by atoms with Crippen LogP contribution < -0.4 is 0 Å². The minimum Gasteiger partial charge on any atom is -0.326 e. The number of hydrogen-bond donors (Lipinski definition) is 1. The second-order valence-corrected chi connectivity index (χ2v) is 2.87. The van der Waals surface area contributed by atoms with Gasteiger partial charge >= 0.3 is 0 Å². The predicted molar refractivity (Wildman–Crippen MR) is 47.6 cm³/mol. The van der Waals surface area contributed by atoms with E-state index in [1.807, 2.05) is 0 Å². The summed E-state index contributed by atoms with van der Waals surface area (Å²) in [6.45, 7) is 3.94. The maximum Gasteiger partial charge on any atom is 0.235 e. The molecule has 0 N–H and O–H groups in total. The molecule has 0 saturated carbocycles. The van der Waals surface area contributed by atoms with Crippen LogP contribution in [0.4, 0.5) is 0 Å². The summed E-state index contributed by atoms with van der Waals surface area (Å²) in [5.74, 6) is -0.187. The van der Waals surface area contributed by atoms with Crippen LogP contribution in [0.25, 0.3) is 10.4 Å². The number of thiol groups is 1. The summed E-state index contributed by atoms with van der Waals surface area (Å²) in [5.41, 5.74) is 8.09. The van der Waals surface area contributed by atoms with Gasteiger partial charge in [-0.1, -0.05) is 11.2 Å². The molecule has 12 heavy (non-hydrogen) atoms. The first-order valence-corrected chi connectivity index (χ1v) is 3.87. The van der Waals surface area contributed by atoms with E-state index in [1.165, 1.54) is 4.90 Å². The lowest BCUT2D eigenvalue weighted by atomic mass is 10.1. The molecule has 0 aromatic carbocycles. The van der Waals surface area contributed by atoms with Crippen molar-refractivity contribution in [1.82, 2.24) is 4.90 Å². The average molecular weight is 184 g/mol. The lowest BCUT2D eigenvalue weighted by Gasteiger charge is -2.41. The van der Waals surface area contributed by atoms with Crippen molar-refractivity contribution in [2.75, 3.05) is 6.54 Å². The van der Waals surface area contributed by atoms with Crippen LogP contribution in [0, 0.1) is 0 Å². The zero-order valence-electron chi connectivity index (χ0n) is 6.29. The summed E-state index contributed by atoms with van der Waals surface area (Å²) in [7, 11) is 0. The van der Waals surface area contributed by atoms with Gasteiger partial charge in [-0.2, -0.15) is 12.6 Å². The zero-order chi connectivity index (χ0) is 9.14. The van der Waals surface area contributed by atoms with Gasteiger partial charge in [0, 0.05) is 11.5 Å². The molecule has 0 aliphatic carbocycles. The van der Waals surface area contributed by atoms with Gasteiger partial charge in [-0.15, -0.1) is 6.58 Å². The summed E-state index contributed by atoms with van der Waals surface area (Å²) in [5, 5.41) is 3.00. The largest absolute Gasteiger partial charge is 0.326 e. The number of hydrogen-bond acceptors (Lipinski definition) is 3. The summed E-state index contributed by atoms with van der Waals surface area (Å²) < 4.78 is 0. The molecule has 1 heterocycles. The smallest absolute Gasteiger partial charge is 0.235 e. The molecule has 1 rings (SSSR count). The van der Waals surface area contributed by atoms with E-state index in [0.717, 1.165) is 0 Å². The van der Waals surface area contributed by atoms with Gasteiger partial charge in [0.1, 0.15) is 6.04 Å². The van der Waals surface area contributed by atoms with Crippen molar-refractivity contribution in [3.63, 3.8) is 0 Å². The topological polar surface area (TPSA) is 69.1 Å². The first-order valence-electron chi connectivity index (χ1n) is 3.36. The Labute approximate surface area is 75.1 Å². The molecule has 0 aromatic rings. The number of carbonyl (C=O) groups excluding carboxylic acids is 1. The Morgan fingerprint density at radius 3 is 3.00 bits per heavy atom. The molecule has 0 aromatic heterocycles. The molecule has 1 amide bonds. The number of likely N-dealkylation sites (tertiary alicyclic amines) is 1. The van der Waals surface area contributed by atoms with Crippen LogP contribution in [0.5, 0.6) is 0 Å². The zero-order valence-corrected chi connectivity index (χ0v) is 7.19. The Bertz CT molecular complexity index is 260. The molecular formula is C6H8N4OS. The van der Waals surface area contributed by atoms with E-state index >= 15 is 0 Å². The third-order valence-electron chi connectivity index (χ3n) is 1.64. The molecule has 1 fully saturated rings. The van der Waals surface area contributed by atoms with Gasteiger partial charge in [-0.05, 0) is 5.53 Å². The van der Waals surface area contributed by atoms with E-state index in [1.54, 1.807) is 6.08 Å². The van der Waals surface area contributed by atoms with Crippen molar-refractivity contribution in [2.24, 2.45) is 5.11 Å². The number of carbonyl (C=O) groups is 1. The van der Waals surface area contributed by atoms with Crippen molar-refractivity contribution < 1.29 is 4.79 Å². The van der Waals surface area contributed by atoms with Crippen LogP contribution in [0.2, 0.25) is 0 Å². The van der Waals surface area contributed by atoms with Gasteiger partial charge in [-0.25, -0.2) is 0 Å². The van der Waals surface area contributed by atoms with Gasteiger partial charge < -0.3 is 4.90 Å². The average Bonchev–Trinajstić information content (AvgIpc) is 2.10. The molecule has 2 unspecified atom stereocenters. The molecule has 6 heteroatoms. The highest BCUT2D eigenvalue weighted by Gasteiger charge is 2.43. The maximum atomic E-state index is 11.1. The predicted octanol–water partition coefficient (Wildman–Crippen LogP) is 0.949. The minimum absolute atomic E-state index is 0.187. The lowest BCUT2D eigenvalue weighted by molar-refractivity contribution is -0.143. The summed E-state index contributed by atoms with van der Waals surface area (Å²) >= 11 is 4.09. The molecule has 1 saturated heterocycles. The van der Waals surface area contributed by atoms with Crippen LogP contribution in [-0.4, -0.2) is 28.8 Å². The van der Waals surface area contributed by atoms with E-state index < -0.39 is 6.04 Å². The fraction of sp³-hybridized carbons (Fsp3) is 0.500. The molecular weight excluding hydrogens is 176 g/mol. The molecule has 64 valence electrons. The summed E-state index contributed by atoms with van der Waals surface area (Å²) in [6, 6.07) is -0.640. The van der Waals surface area contributed by atoms with Crippen molar-refractivity contribution in [3.8, 4) is 0 Å². The van der Waals surface area contributed by atoms with Gasteiger partial charge in [-0.3, -0.25) is 4.79 Å². The summed E-state index contributed by atoms with van der Waals surface area (Å²) in [6.07, 6.45) is 1.60. The maximum absolute atomic E-state index is 11.1. The highest BCUT2D eigenvalue weighted by atomic mass is 32.1. The first-order chi connectivity index (χ1) is 5.72. The highest BCUT2D eigenvalue weighted by molar-refractivity contribution is 7.81. The highest BCUT2D eigenvalue weighted by Crippen LogP contribution is 2.25. The third kappa shape index (κ3) is 1.26. The number of azide groups is 1. The number of rotatable bonds is 3. The van der Waals surface area contributed by atoms with Crippen molar-refractivity contribution in [3.05, 3.63) is 23.1 Å². The van der Waals surface area contributed by atoms with Gasteiger partial charge in [0.25, 0.3) is 0 Å². The SMILES string of the molecule is C=CCN1C(=O)C(N=[N+]=[N-])C1S. The van der Waals surface area contributed by atoms with Crippen molar-refractivity contribution in [1.29, 1.82) is 0 Å². The first kappa shape index (κ1) is 8.96. The Morgan fingerprint density at radius 1 is 1.92 bits per heavy atom. The quantitative estimate of drug-likeness (QED) is 0.174. The number of nitrogens with zero attached hydrogens (tertiary/aromatic N) is 4. The minimum atomic E-state index is -0.640. The molecule has 5 nitrogen and oxygen atoms in total. The Morgan fingerprint density at radius 2 is 2.58 bits per heavy atom. The monoisotopic (exact) mass is 184 g/mol. The van der Waals surface area contributed by atoms with E-state index in [2.05, 4.69) is 29.2 Å². The van der Waals surface area contributed by atoms with Crippen molar-refractivity contribution >= 4 is 18.5 Å². The normalized spacial score (nSPS) is 27.4. The Hall–Kier alpha value is -1.13. The van der Waals surface area contributed by atoms with Crippen LogP contribution in [0.15, 0.2) is 17.8 Å². The van der Waals surface area contributed by atoms with Crippen LogP contribution >= 0.6 is 12.6 Å². The second kappa shape index (κ2) is 3.51. The van der Waals surface area contributed by atoms with Crippen LogP contribution in [0.1, 0.15) is 0 Å². The molecule has 0 radical (unpaired) electrons. The van der Waals surface area contributed by atoms with Gasteiger partial charge in [0.2, 0.25) is 5.91 Å². The van der Waals surface area contributed by atoms with Gasteiger partial charge in [0.15, 0.2) is 0 Å². The fourth-order valence-electron chi connectivity index (χ4n) is 1.02. The fourth-order valence-corrected chi connectivity index (χ4v) is 1.41. The Balaban J connectivity index is 2.61. The van der Waals surface area contributed by atoms with E-state index in [0.29, 0.717) is 6.54 Å². The number of amides is 1. The Kier molecular flexibility index (Phi) is 2.62.